The van der Waals surface area contributed by atoms with Crippen molar-refractivity contribution in [3.8, 4) is 0 Å². The fourth-order valence-corrected chi connectivity index (χ4v) is 2.18. The van der Waals surface area contributed by atoms with Crippen LogP contribution in [0.25, 0.3) is 0 Å². The van der Waals surface area contributed by atoms with Gasteiger partial charge in [0.05, 0.1) is 0 Å². The van der Waals surface area contributed by atoms with E-state index >= 15 is 0 Å². The van der Waals surface area contributed by atoms with E-state index in [0.717, 1.165) is 5.92 Å². The Hall–Kier alpha value is 0.310. The van der Waals surface area contributed by atoms with Crippen LogP contribution in [0.5, 0.6) is 0 Å². The van der Waals surface area contributed by atoms with Crippen LogP contribution >= 0.6 is 11.8 Å². The quantitative estimate of drug-likeness (QED) is 0.608. The maximum absolute atomic E-state index is 3.43. The van der Waals surface area contributed by atoms with E-state index in [1.54, 1.807) is 0 Å². The Bertz CT molecular complexity index is 90.3. The molecule has 0 radical (unpaired) electrons. The lowest BCUT2D eigenvalue weighted by molar-refractivity contribution is 0.585. The van der Waals surface area contributed by atoms with Crippen molar-refractivity contribution >= 4 is 11.8 Å². The maximum Gasteiger partial charge on any atom is 0.00103 e. The molecule has 0 spiro atoms. The summed E-state index contributed by atoms with van der Waals surface area (Å²) in [4.78, 5) is 0. The Balaban J connectivity index is 2.92. The van der Waals surface area contributed by atoms with Crippen LogP contribution in [-0.4, -0.2) is 24.1 Å². The van der Waals surface area contributed by atoms with Gasteiger partial charge in [-0.05, 0) is 36.8 Å². The molecule has 2 heteroatoms. The van der Waals surface area contributed by atoms with Gasteiger partial charge >= 0.3 is 0 Å². The number of nitrogens with one attached hydrogen (secondary N) is 1. The number of hydrogen-bond donors (Lipinski definition) is 1. The van der Waals surface area contributed by atoms with Crippen LogP contribution in [0.15, 0.2) is 0 Å². The van der Waals surface area contributed by atoms with Crippen LogP contribution in [0.2, 0.25) is 0 Å². The third-order valence-electron chi connectivity index (χ3n) is 1.86. The summed E-state index contributed by atoms with van der Waals surface area (Å²) in [6, 6.07) is 0.640. The molecule has 0 aromatic rings. The van der Waals surface area contributed by atoms with Crippen molar-refractivity contribution < 1.29 is 0 Å². The molecule has 0 amide bonds. The van der Waals surface area contributed by atoms with Crippen molar-refractivity contribution in [2.75, 3.05) is 18.1 Å². The van der Waals surface area contributed by atoms with Crippen molar-refractivity contribution in [2.45, 2.75) is 46.6 Å². The summed E-state index contributed by atoms with van der Waals surface area (Å²) in [5, 5.41) is 3.43. The Labute approximate surface area is 88.1 Å². The first-order valence-electron chi connectivity index (χ1n) is 5.44. The third-order valence-corrected chi connectivity index (χ3v) is 2.96. The largest absolute Gasteiger partial charge is 0.315 e. The van der Waals surface area contributed by atoms with Gasteiger partial charge in [-0.25, -0.2) is 0 Å². The van der Waals surface area contributed by atoms with Crippen LogP contribution in [0.1, 0.15) is 40.5 Å². The Morgan fingerprint density at radius 2 is 1.77 bits per heavy atom. The molecule has 0 saturated heterocycles. The highest BCUT2D eigenvalue weighted by atomic mass is 32.2. The number of hydrogen-bond acceptors (Lipinski definition) is 2. The van der Waals surface area contributed by atoms with Crippen molar-refractivity contribution in [1.82, 2.24) is 5.32 Å². The highest BCUT2D eigenvalue weighted by Gasteiger charge is 1.95. The Morgan fingerprint density at radius 3 is 2.31 bits per heavy atom. The van der Waals surface area contributed by atoms with E-state index in [0.29, 0.717) is 6.04 Å². The predicted molar refractivity (Wildman–Crippen MR) is 64.5 cm³/mol. The van der Waals surface area contributed by atoms with Gasteiger partial charge in [0.1, 0.15) is 0 Å². The van der Waals surface area contributed by atoms with Gasteiger partial charge in [0.2, 0.25) is 0 Å². The summed E-state index contributed by atoms with van der Waals surface area (Å²) < 4.78 is 0. The van der Waals surface area contributed by atoms with Gasteiger partial charge in [-0.2, -0.15) is 11.8 Å². The second-order valence-electron chi connectivity index (χ2n) is 4.26. The summed E-state index contributed by atoms with van der Waals surface area (Å²) >= 11 is 2.09. The second-order valence-corrected chi connectivity index (χ2v) is 5.48. The molecule has 0 aromatic carbocycles. The topological polar surface area (TPSA) is 12.0 Å². The van der Waals surface area contributed by atoms with Crippen LogP contribution in [0, 0.1) is 5.92 Å². The molecule has 0 aliphatic heterocycles. The fourth-order valence-electron chi connectivity index (χ4n) is 0.986. The lowest BCUT2D eigenvalue weighted by Gasteiger charge is -2.07. The van der Waals surface area contributed by atoms with Crippen molar-refractivity contribution in [2.24, 2.45) is 5.92 Å². The monoisotopic (exact) mass is 203 g/mol. The van der Waals surface area contributed by atoms with E-state index < -0.39 is 0 Å². The van der Waals surface area contributed by atoms with Crippen molar-refractivity contribution in [3.05, 3.63) is 0 Å². The first-order chi connectivity index (χ1) is 6.13. The van der Waals surface area contributed by atoms with E-state index in [-0.39, 0.29) is 0 Å². The third kappa shape index (κ3) is 12.3. The first-order valence-corrected chi connectivity index (χ1v) is 6.59. The van der Waals surface area contributed by atoms with Crippen LogP contribution in [0.3, 0.4) is 0 Å². The summed E-state index contributed by atoms with van der Waals surface area (Å²) in [6.45, 7) is 10.2. The molecule has 0 unspecified atom stereocenters. The van der Waals surface area contributed by atoms with Crippen molar-refractivity contribution in [3.63, 3.8) is 0 Å². The highest BCUT2D eigenvalue weighted by Crippen LogP contribution is 2.09. The zero-order chi connectivity index (χ0) is 10.1. The molecule has 0 aliphatic carbocycles. The van der Waals surface area contributed by atoms with Gasteiger partial charge in [-0.15, -0.1) is 0 Å². The molecule has 0 bridgehead atoms. The lowest BCUT2D eigenvalue weighted by Crippen LogP contribution is -2.23. The predicted octanol–water partition coefficient (Wildman–Crippen LogP) is 3.15. The normalized spacial score (nSPS) is 11.5. The fraction of sp³-hybridized carbons (Fsp3) is 1.00. The van der Waals surface area contributed by atoms with Crippen LogP contribution in [0.4, 0.5) is 0 Å². The maximum atomic E-state index is 3.43. The zero-order valence-electron chi connectivity index (χ0n) is 9.60. The van der Waals surface area contributed by atoms with Gasteiger partial charge in [-0.1, -0.05) is 27.7 Å². The van der Waals surface area contributed by atoms with Crippen LogP contribution < -0.4 is 5.32 Å². The van der Waals surface area contributed by atoms with Gasteiger partial charge in [-0.3, -0.25) is 0 Å². The minimum absolute atomic E-state index is 0.640. The van der Waals surface area contributed by atoms with Gasteiger partial charge in [0.15, 0.2) is 0 Å². The minimum Gasteiger partial charge on any atom is -0.315 e. The molecule has 0 heterocycles. The number of thioether (sulfide) groups is 1. The molecule has 0 atom stereocenters. The lowest BCUT2D eigenvalue weighted by atomic mass is 10.2. The van der Waals surface area contributed by atoms with E-state index in [9.17, 15) is 0 Å². The molecule has 0 fully saturated rings. The van der Waals surface area contributed by atoms with Crippen molar-refractivity contribution in [1.29, 1.82) is 0 Å². The SMILES string of the molecule is CC(C)CCSCCCNC(C)C. The minimum atomic E-state index is 0.640. The molecule has 13 heavy (non-hydrogen) atoms. The molecular weight excluding hydrogens is 178 g/mol. The first kappa shape index (κ1) is 13.3. The standard InChI is InChI=1S/C11H25NS/c1-10(2)6-9-13-8-5-7-12-11(3)4/h10-12H,5-9H2,1-4H3. The highest BCUT2D eigenvalue weighted by molar-refractivity contribution is 7.99. The summed E-state index contributed by atoms with van der Waals surface area (Å²) in [5.74, 6) is 3.51. The summed E-state index contributed by atoms with van der Waals surface area (Å²) in [6.07, 6.45) is 2.67. The molecule has 1 nitrogen and oxygen atoms in total. The second kappa shape index (κ2) is 8.89. The van der Waals surface area contributed by atoms with Gasteiger partial charge in [0, 0.05) is 6.04 Å². The molecule has 0 rings (SSSR count). The van der Waals surface area contributed by atoms with E-state index in [2.05, 4.69) is 44.8 Å². The smallest absolute Gasteiger partial charge is 0.00103 e. The van der Waals surface area contributed by atoms with E-state index in [1.807, 2.05) is 0 Å². The average molecular weight is 203 g/mol. The van der Waals surface area contributed by atoms with E-state index in [1.165, 1.54) is 30.9 Å². The Kier molecular flexibility index (Phi) is 9.10. The van der Waals surface area contributed by atoms with Crippen LogP contribution in [-0.2, 0) is 0 Å². The summed E-state index contributed by atoms with van der Waals surface area (Å²) in [5.41, 5.74) is 0. The molecular formula is C11H25NS. The molecule has 1 N–H and O–H groups in total. The molecule has 0 saturated carbocycles. The zero-order valence-corrected chi connectivity index (χ0v) is 10.4. The van der Waals surface area contributed by atoms with Gasteiger partial charge < -0.3 is 5.32 Å². The molecule has 80 valence electrons. The average Bonchev–Trinajstić information content (AvgIpc) is 2.01. The van der Waals surface area contributed by atoms with Gasteiger partial charge in [0.25, 0.3) is 0 Å². The van der Waals surface area contributed by atoms with E-state index in [4.69, 9.17) is 0 Å². The molecule has 0 aliphatic rings. The number of rotatable bonds is 8. The molecule has 0 aromatic heterocycles. The Morgan fingerprint density at radius 1 is 1.08 bits per heavy atom. The summed E-state index contributed by atoms with van der Waals surface area (Å²) in [7, 11) is 0.